The first-order valence-electron chi connectivity index (χ1n) is 6.44. The van der Waals surface area contributed by atoms with Gasteiger partial charge < -0.3 is 10.2 Å². The molecule has 4 nitrogen and oxygen atoms in total. The summed E-state index contributed by atoms with van der Waals surface area (Å²) in [5.74, 6) is 0.270. The van der Waals surface area contributed by atoms with Crippen molar-refractivity contribution in [2.75, 3.05) is 0 Å². The number of nitriles is 2. The van der Waals surface area contributed by atoms with Gasteiger partial charge in [-0.15, -0.1) is 0 Å². The Kier molecular flexibility index (Phi) is 4.59. The number of benzene rings is 2. The van der Waals surface area contributed by atoms with E-state index in [-0.39, 0.29) is 22.6 Å². The van der Waals surface area contributed by atoms with Gasteiger partial charge in [0.2, 0.25) is 0 Å². The van der Waals surface area contributed by atoms with E-state index >= 15 is 0 Å². The third-order valence-corrected chi connectivity index (χ3v) is 2.94. The third kappa shape index (κ3) is 3.75. The number of aromatic hydroxyl groups is 2. The van der Waals surface area contributed by atoms with Crippen LogP contribution in [-0.4, -0.2) is 10.2 Å². The van der Waals surface area contributed by atoms with E-state index in [2.05, 4.69) is 0 Å². The minimum Gasteiger partial charge on any atom is -0.508 e. The molecule has 0 unspecified atom stereocenters. The predicted molar refractivity (Wildman–Crippen MR) is 83.4 cm³/mol. The van der Waals surface area contributed by atoms with Crippen molar-refractivity contribution in [1.29, 1.82) is 10.5 Å². The first-order chi connectivity index (χ1) is 10.6. The van der Waals surface area contributed by atoms with Crippen LogP contribution in [0.2, 0.25) is 0 Å². The van der Waals surface area contributed by atoms with Crippen molar-refractivity contribution in [1.82, 2.24) is 0 Å². The molecular formula is C18H12N2O2. The van der Waals surface area contributed by atoms with Crippen molar-refractivity contribution >= 4 is 12.2 Å². The Balaban J connectivity index is 2.39. The van der Waals surface area contributed by atoms with Crippen LogP contribution in [0.5, 0.6) is 11.5 Å². The van der Waals surface area contributed by atoms with E-state index in [1.807, 2.05) is 12.1 Å². The maximum Gasteiger partial charge on any atom is 0.115 e. The smallest absolute Gasteiger partial charge is 0.115 e. The Hall–Kier alpha value is -3.50. The average molecular weight is 288 g/mol. The minimum atomic E-state index is 0.135. The van der Waals surface area contributed by atoms with Crippen molar-refractivity contribution < 1.29 is 10.2 Å². The van der Waals surface area contributed by atoms with Gasteiger partial charge in [0.05, 0.1) is 11.1 Å². The van der Waals surface area contributed by atoms with E-state index in [0.717, 1.165) is 0 Å². The van der Waals surface area contributed by atoms with Crippen molar-refractivity contribution in [2.24, 2.45) is 0 Å². The maximum atomic E-state index is 9.27. The first kappa shape index (κ1) is 14.9. The highest BCUT2D eigenvalue weighted by molar-refractivity contribution is 5.74. The molecule has 0 aromatic heterocycles. The van der Waals surface area contributed by atoms with Crippen molar-refractivity contribution in [3.05, 3.63) is 70.8 Å². The number of nitrogens with zero attached hydrogens (tertiary/aromatic N) is 2. The van der Waals surface area contributed by atoms with E-state index in [9.17, 15) is 20.7 Å². The Bertz CT molecular complexity index is 731. The Labute approximate surface area is 128 Å². The predicted octanol–water partition coefficient (Wildman–Crippen LogP) is 3.61. The number of allylic oxidation sites excluding steroid dienone is 2. The largest absolute Gasteiger partial charge is 0.508 e. The number of hydrogen-bond acceptors (Lipinski definition) is 4. The van der Waals surface area contributed by atoms with E-state index in [4.69, 9.17) is 0 Å². The summed E-state index contributed by atoms with van der Waals surface area (Å²) >= 11 is 0. The molecule has 0 aliphatic rings. The molecule has 0 amide bonds. The second-order valence-corrected chi connectivity index (χ2v) is 4.52. The lowest BCUT2D eigenvalue weighted by Crippen LogP contribution is -1.85. The van der Waals surface area contributed by atoms with Crippen LogP contribution in [0.4, 0.5) is 0 Å². The zero-order valence-electron chi connectivity index (χ0n) is 11.6. The van der Waals surface area contributed by atoms with Gasteiger partial charge in [-0.3, -0.25) is 0 Å². The van der Waals surface area contributed by atoms with E-state index in [0.29, 0.717) is 11.1 Å². The third-order valence-electron chi connectivity index (χ3n) is 2.94. The van der Waals surface area contributed by atoms with Gasteiger partial charge in [-0.2, -0.15) is 10.5 Å². The lowest BCUT2D eigenvalue weighted by molar-refractivity contribution is 0.474. The SMILES string of the molecule is N#CC(=C/c1ccc(O)cc1)/C(C#N)=C\c1ccc(O)cc1. The van der Waals surface area contributed by atoms with Gasteiger partial charge in [-0.05, 0) is 47.5 Å². The van der Waals surface area contributed by atoms with Crippen molar-refractivity contribution in [2.45, 2.75) is 0 Å². The fraction of sp³-hybridized carbons (Fsp3) is 0. The highest BCUT2D eigenvalue weighted by Crippen LogP contribution is 2.19. The van der Waals surface area contributed by atoms with Crippen LogP contribution in [0.25, 0.3) is 12.2 Å². The fourth-order valence-electron chi connectivity index (χ4n) is 1.81. The molecule has 2 aromatic carbocycles. The van der Waals surface area contributed by atoms with Crippen LogP contribution >= 0.6 is 0 Å². The van der Waals surface area contributed by atoms with Crippen LogP contribution in [0.15, 0.2) is 59.7 Å². The maximum absolute atomic E-state index is 9.27. The molecule has 2 N–H and O–H groups in total. The molecule has 0 saturated heterocycles. The van der Waals surface area contributed by atoms with Gasteiger partial charge in [-0.1, -0.05) is 24.3 Å². The standard InChI is InChI=1S/C18H12N2O2/c19-11-15(9-13-1-5-17(21)6-2-13)16(12-20)10-14-3-7-18(22)8-4-14/h1-10,21-22H/b15-9-,16-10-. The summed E-state index contributed by atoms with van der Waals surface area (Å²) in [6, 6.07) is 16.7. The molecule has 0 fully saturated rings. The van der Waals surface area contributed by atoms with Crippen molar-refractivity contribution in [3.8, 4) is 23.6 Å². The van der Waals surface area contributed by atoms with E-state index in [1.165, 1.54) is 24.3 Å². The highest BCUT2D eigenvalue weighted by atomic mass is 16.3. The summed E-state index contributed by atoms with van der Waals surface area (Å²) in [7, 11) is 0. The second-order valence-electron chi connectivity index (χ2n) is 4.52. The number of rotatable bonds is 3. The zero-order valence-corrected chi connectivity index (χ0v) is 11.6. The van der Waals surface area contributed by atoms with Crippen LogP contribution in [0.3, 0.4) is 0 Å². The van der Waals surface area contributed by atoms with E-state index in [1.54, 1.807) is 36.4 Å². The topological polar surface area (TPSA) is 88.0 Å². The molecule has 106 valence electrons. The summed E-state index contributed by atoms with van der Waals surface area (Å²) in [5.41, 5.74) is 1.87. The number of phenols is 2. The molecular weight excluding hydrogens is 276 g/mol. The van der Waals surface area contributed by atoms with Crippen LogP contribution in [-0.2, 0) is 0 Å². The van der Waals surface area contributed by atoms with Crippen LogP contribution < -0.4 is 0 Å². The van der Waals surface area contributed by atoms with E-state index < -0.39 is 0 Å². The number of phenolic OH excluding ortho intramolecular Hbond substituents is 2. The molecule has 0 aliphatic heterocycles. The highest BCUT2D eigenvalue weighted by Gasteiger charge is 2.05. The monoisotopic (exact) mass is 288 g/mol. The van der Waals surface area contributed by atoms with Gasteiger partial charge in [0.1, 0.15) is 23.6 Å². The molecule has 0 radical (unpaired) electrons. The average Bonchev–Trinajstić information content (AvgIpc) is 2.54. The van der Waals surface area contributed by atoms with Gasteiger partial charge in [-0.25, -0.2) is 0 Å². The quantitative estimate of drug-likeness (QED) is 0.667. The Morgan fingerprint density at radius 2 is 1.00 bits per heavy atom. The first-order valence-corrected chi connectivity index (χ1v) is 6.44. The molecule has 0 saturated carbocycles. The normalized spacial score (nSPS) is 11.5. The summed E-state index contributed by atoms with van der Waals surface area (Å²) < 4.78 is 0. The summed E-state index contributed by atoms with van der Waals surface area (Å²) in [6.07, 6.45) is 3.16. The lowest BCUT2D eigenvalue weighted by atomic mass is 10.0. The lowest BCUT2D eigenvalue weighted by Gasteiger charge is -2.00. The molecule has 0 aliphatic carbocycles. The molecule has 4 heteroatoms. The fourth-order valence-corrected chi connectivity index (χ4v) is 1.81. The van der Waals surface area contributed by atoms with Crippen LogP contribution in [0, 0.1) is 22.7 Å². The molecule has 0 bridgehead atoms. The zero-order chi connectivity index (χ0) is 15.9. The van der Waals surface area contributed by atoms with Crippen molar-refractivity contribution in [3.63, 3.8) is 0 Å². The molecule has 2 rings (SSSR count). The Morgan fingerprint density at radius 1 is 0.682 bits per heavy atom. The molecule has 0 atom stereocenters. The Morgan fingerprint density at radius 3 is 1.27 bits per heavy atom. The van der Waals surface area contributed by atoms with Gasteiger partial charge in [0.25, 0.3) is 0 Å². The minimum absolute atomic E-state index is 0.135. The summed E-state index contributed by atoms with van der Waals surface area (Å²) in [4.78, 5) is 0. The molecule has 0 heterocycles. The van der Waals surface area contributed by atoms with Gasteiger partial charge in [0, 0.05) is 0 Å². The van der Waals surface area contributed by atoms with Gasteiger partial charge >= 0.3 is 0 Å². The number of hydrogen-bond donors (Lipinski definition) is 2. The second kappa shape index (κ2) is 6.78. The molecule has 0 spiro atoms. The van der Waals surface area contributed by atoms with Crippen LogP contribution in [0.1, 0.15) is 11.1 Å². The molecule has 22 heavy (non-hydrogen) atoms. The summed E-state index contributed by atoms with van der Waals surface area (Å²) in [5, 5.41) is 37.0. The summed E-state index contributed by atoms with van der Waals surface area (Å²) in [6.45, 7) is 0. The molecule has 2 aromatic rings. The van der Waals surface area contributed by atoms with Gasteiger partial charge in [0.15, 0.2) is 0 Å².